The molecule has 0 saturated heterocycles. The van der Waals surface area contributed by atoms with Crippen LogP contribution < -0.4 is 15.8 Å². The molecule has 2 rings (SSSR count). The van der Waals surface area contributed by atoms with Crippen LogP contribution in [0.15, 0.2) is 42.6 Å². The Bertz CT molecular complexity index is 609. The number of carbonyl (C=O) groups excluding carboxylic acids is 1. The van der Waals surface area contributed by atoms with E-state index in [-0.39, 0.29) is 5.91 Å². The van der Waals surface area contributed by atoms with Crippen LogP contribution in [0.25, 0.3) is 0 Å². The second-order valence-electron chi connectivity index (χ2n) is 5.18. The predicted octanol–water partition coefficient (Wildman–Crippen LogP) is 3.25. The number of rotatable bonds is 6. The Hall–Kier alpha value is -2.40. The van der Waals surface area contributed by atoms with Crippen molar-refractivity contribution in [3.05, 3.63) is 48.2 Å². The Morgan fingerprint density at radius 1 is 1.27 bits per heavy atom. The SMILES string of the molecule is CCCC(N)C(=O)Nc1ccc(Oc2ccc(C)cc2)nc1. The van der Waals surface area contributed by atoms with E-state index in [0.29, 0.717) is 18.0 Å². The second kappa shape index (κ2) is 7.56. The minimum Gasteiger partial charge on any atom is -0.439 e. The second-order valence-corrected chi connectivity index (χ2v) is 5.18. The van der Waals surface area contributed by atoms with E-state index < -0.39 is 6.04 Å². The average Bonchev–Trinajstić information content (AvgIpc) is 2.51. The van der Waals surface area contributed by atoms with E-state index in [1.54, 1.807) is 18.3 Å². The molecule has 5 heteroatoms. The van der Waals surface area contributed by atoms with Crippen LogP contribution in [0.3, 0.4) is 0 Å². The van der Waals surface area contributed by atoms with Crippen molar-refractivity contribution in [3.63, 3.8) is 0 Å². The van der Waals surface area contributed by atoms with E-state index in [2.05, 4.69) is 10.3 Å². The largest absolute Gasteiger partial charge is 0.439 e. The lowest BCUT2D eigenvalue weighted by molar-refractivity contribution is -0.117. The maximum Gasteiger partial charge on any atom is 0.241 e. The van der Waals surface area contributed by atoms with Crippen molar-refractivity contribution in [1.29, 1.82) is 0 Å². The topological polar surface area (TPSA) is 77.2 Å². The van der Waals surface area contributed by atoms with E-state index in [1.165, 1.54) is 5.56 Å². The molecule has 0 saturated carbocycles. The molecule has 1 aromatic carbocycles. The van der Waals surface area contributed by atoms with Crippen molar-refractivity contribution in [2.45, 2.75) is 32.7 Å². The van der Waals surface area contributed by atoms with Crippen molar-refractivity contribution in [2.24, 2.45) is 5.73 Å². The molecule has 1 atom stereocenters. The summed E-state index contributed by atoms with van der Waals surface area (Å²) < 4.78 is 5.63. The van der Waals surface area contributed by atoms with Crippen LogP contribution in [-0.4, -0.2) is 16.9 Å². The first-order valence-electron chi connectivity index (χ1n) is 7.35. The van der Waals surface area contributed by atoms with Gasteiger partial charge in [-0.15, -0.1) is 0 Å². The first-order valence-corrected chi connectivity index (χ1v) is 7.35. The third kappa shape index (κ3) is 4.56. The molecule has 0 spiro atoms. The smallest absolute Gasteiger partial charge is 0.241 e. The molecule has 3 N–H and O–H groups in total. The van der Waals surface area contributed by atoms with Crippen molar-refractivity contribution in [3.8, 4) is 11.6 Å². The standard InChI is InChI=1S/C17H21N3O2/c1-3-4-15(18)17(21)20-13-7-10-16(19-11-13)22-14-8-5-12(2)6-9-14/h5-11,15H,3-4,18H2,1-2H3,(H,20,21). The Morgan fingerprint density at radius 2 is 2.00 bits per heavy atom. The number of aryl methyl sites for hydroxylation is 1. The number of aromatic nitrogens is 1. The number of ether oxygens (including phenoxy) is 1. The summed E-state index contributed by atoms with van der Waals surface area (Å²) >= 11 is 0. The molecule has 1 heterocycles. The van der Waals surface area contributed by atoms with E-state index in [9.17, 15) is 4.79 Å². The zero-order valence-electron chi connectivity index (χ0n) is 12.9. The van der Waals surface area contributed by atoms with Crippen molar-refractivity contribution < 1.29 is 9.53 Å². The van der Waals surface area contributed by atoms with Gasteiger partial charge in [0.25, 0.3) is 0 Å². The van der Waals surface area contributed by atoms with Gasteiger partial charge >= 0.3 is 0 Å². The number of amides is 1. The molecule has 116 valence electrons. The van der Waals surface area contributed by atoms with E-state index in [4.69, 9.17) is 10.5 Å². The lowest BCUT2D eigenvalue weighted by Gasteiger charge is -2.11. The Balaban J connectivity index is 1.95. The summed E-state index contributed by atoms with van der Waals surface area (Å²) in [5.74, 6) is 0.996. The molecule has 0 aliphatic rings. The number of benzene rings is 1. The predicted molar refractivity (Wildman–Crippen MR) is 87.0 cm³/mol. The van der Waals surface area contributed by atoms with Gasteiger partial charge in [0.05, 0.1) is 17.9 Å². The third-order valence-electron chi connectivity index (χ3n) is 3.18. The molecule has 1 unspecified atom stereocenters. The summed E-state index contributed by atoms with van der Waals surface area (Å²) in [7, 11) is 0. The van der Waals surface area contributed by atoms with Gasteiger partial charge in [0, 0.05) is 6.07 Å². The van der Waals surface area contributed by atoms with Crippen LogP contribution in [-0.2, 0) is 4.79 Å². The highest BCUT2D eigenvalue weighted by molar-refractivity contribution is 5.94. The molecule has 1 amide bonds. The Morgan fingerprint density at radius 3 is 2.59 bits per heavy atom. The van der Waals surface area contributed by atoms with E-state index in [1.807, 2.05) is 38.1 Å². The molecule has 2 aromatic rings. The minimum absolute atomic E-state index is 0.198. The maximum absolute atomic E-state index is 11.8. The Labute approximate surface area is 130 Å². The highest BCUT2D eigenvalue weighted by Crippen LogP contribution is 2.20. The van der Waals surface area contributed by atoms with E-state index >= 15 is 0 Å². The highest BCUT2D eigenvalue weighted by atomic mass is 16.5. The van der Waals surface area contributed by atoms with Gasteiger partial charge in [0.15, 0.2) is 0 Å². The van der Waals surface area contributed by atoms with Gasteiger partial charge in [-0.25, -0.2) is 4.98 Å². The molecule has 5 nitrogen and oxygen atoms in total. The lowest BCUT2D eigenvalue weighted by Crippen LogP contribution is -2.35. The fourth-order valence-corrected chi connectivity index (χ4v) is 1.92. The van der Waals surface area contributed by atoms with Crippen LogP contribution in [0.1, 0.15) is 25.3 Å². The first-order chi connectivity index (χ1) is 10.6. The maximum atomic E-state index is 11.8. The van der Waals surface area contributed by atoms with Gasteiger partial charge in [0.1, 0.15) is 5.75 Å². The number of nitrogens with one attached hydrogen (secondary N) is 1. The number of carbonyl (C=O) groups is 1. The van der Waals surface area contributed by atoms with Crippen LogP contribution >= 0.6 is 0 Å². The monoisotopic (exact) mass is 299 g/mol. The summed E-state index contributed by atoms with van der Waals surface area (Å²) in [6, 6.07) is 10.7. The number of hydrogen-bond acceptors (Lipinski definition) is 4. The number of anilines is 1. The van der Waals surface area contributed by atoms with Gasteiger partial charge in [-0.05, 0) is 31.5 Å². The van der Waals surface area contributed by atoms with Crippen molar-refractivity contribution >= 4 is 11.6 Å². The van der Waals surface area contributed by atoms with Gasteiger partial charge in [-0.3, -0.25) is 4.79 Å². The van der Waals surface area contributed by atoms with Crippen LogP contribution in [0, 0.1) is 6.92 Å². The molecule has 22 heavy (non-hydrogen) atoms. The van der Waals surface area contributed by atoms with Crippen LogP contribution in [0.2, 0.25) is 0 Å². The fourth-order valence-electron chi connectivity index (χ4n) is 1.92. The number of nitrogens with zero attached hydrogens (tertiary/aromatic N) is 1. The zero-order valence-corrected chi connectivity index (χ0v) is 12.9. The molecule has 1 aromatic heterocycles. The van der Waals surface area contributed by atoms with Gasteiger partial charge in [-0.2, -0.15) is 0 Å². The molecule has 0 aliphatic carbocycles. The number of pyridine rings is 1. The Kier molecular flexibility index (Phi) is 5.49. The summed E-state index contributed by atoms with van der Waals surface area (Å²) in [6.45, 7) is 4.01. The first kappa shape index (κ1) is 16.0. The van der Waals surface area contributed by atoms with Gasteiger partial charge < -0.3 is 15.8 Å². The number of nitrogens with two attached hydrogens (primary N) is 1. The van der Waals surface area contributed by atoms with Crippen LogP contribution in [0.5, 0.6) is 11.6 Å². The van der Waals surface area contributed by atoms with E-state index in [0.717, 1.165) is 12.2 Å². The summed E-state index contributed by atoms with van der Waals surface area (Å²) in [6.07, 6.45) is 3.09. The molecule has 0 fully saturated rings. The minimum atomic E-state index is -0.492. The molecular formula is C17H21N3O2. The van der Waals surface area contributed by atoms with Crippen molar-refractivity contribution in [2.75, 3.05) is 5.32 Å². The summed E-state index contributed by atoms with van der Waals surface area (Å²) in [4.78, 5) is 16.0. The van der Waals surface area contributed by atoms with Crippen molar-refractivity contribution in [1.82, 2.24) is 4.98 Å². The fraction of sp³-hybridized carbons (Fsp3) is 0.294. The highest BCUT2D eigenvalue weighted by Gasteiger charge is 2.12. The van der Waals surface area contributed by atoms with Gasteiger partial charge in [0.2, 0.25) is 11.8 Å². The molecule has 0 bridgehead atoms. The zero-order chi connectivity index (χ0) is 15.9. The summed E-state index contributed by atoms with van der Waals surface area (Å²) in [5, 5.41) is 2.74. The molecule has 0 radical (unpaired) electrons. The lowest BCUT2D eigenvalue weighted by atomic mass is 10.1. The normalized spacial score (nSPS) is 11.8. The van der Waals surface area contributed by atoms with Crippen LogP contribution in [0.4, 0.5) is 5.69 Å². The number of hydrogen-bond donors (Lipinski definition) is 2. The third-order valence-corrected chi connectivity index (χ3v) is 3.18. The average molecular weight is 299 g/mol. The summed E-state index contributed by atoms with van der Waals surface area (Å²) in [5.41, 5.74) is 7.54. The quantitative estimate of drug-likeness (QED) is 0.858. The molecular weight excluding hydrogens is 278 g/mol. The molecule has 0 aliphatic heterocycles. The van der Waals surface area contributed by atoms with Gasteiger partial charge in [-0.1, -0.05) is 31.0 Å².